The molecule has 2 atom stereocenters. The van der Waals surface area contributed by atoms with Crippen LogP contribution in [0.4, 0.5) is 4.79 Å². The average Bonchev–Trinajstić information content (AvgIpc) is 3.16. The number of carboxylic acid groups (broad SMARTS) is 1. The SMILES string of the molecule is C#CCSCCNC(=O)N1C(C(=O)O)CSC1C1CC1. The smallest absolute Gasteiger partial charge is 0.327 e. The van der Waals surface area contributed by atoms with Gasteiger partial charge in [0.15, 0.2) is 0 Å². The highest BCUT2D eigenvalue weighted by Crippen LogP contribution is 2.45. The topological polar surface area (TPSA) is 69.6 Å². The van der Waals surface area contributed by atoms with Crippen molar-refractivity contribution in [3.63, 3.8) is 0 Å². The third-order valence-corrected chi connectivity index (χ3v) is 5.61. The predicted molar refractivity (Wildman–Crippen MR) is 81.8 cm³/mol. The van der Waals surface area contributed by atoms with Crippen LogP contribution < -0.4 is 5.32 Å². The third kappa shape index (κ3) is 3.76. The van der Waals surface area contributed by atoms with E-state index >= 15 is 0 Å². The molecule has 2 aliphatic rings. The standard InChI is InChI=1S/C13H18N2O3S2/c1-2-6-19-7-5-14-13(18)15-10(12(16)17)8-20-11(15)9-3-4-9/h1,9-11H,3-8H2,(H,14,18)(H,16,17). The number of terminal acetylenes is 1. The van der Waals surface area contributed by atoms with Gasteiger partial charge in [-0.3, -0.25) is 4.90 Å². The fourth-order valence-corrected chi connectivity index (χ4v) is 4.31. The number of carbonyl (C=O) groups excluding carboxylic acids is 1. The van der Waals surface area contributed by atoms with Gasteiger partial charge in [0.25, 0.3) is 0 Å². The van der Waals surface area contributed by atoms with Crippen LogP contribution in [0.2, 0.25) is 0 Å². The minimum Gasteiger partial charge on any atom is -0.480 e. The van der Waals surface area contributed by atoms with Crippen LogP contribution >= 0.6 is 23.5 Å². The molecule has 1 heterocycles. The maximum Gasteiger partial charge on any atom is 0.327 e. The van der Waals surface area contributed by atoms with Crippen molar-refractivity contribution in [1.29, 1.82) is 0 Å². The Kier molecular flexibility index (Phi) is 5.49. The van der Waals surface area contributed by atoms with Gasteiger partial charge in [-0.1, -0.05) is 5.92 Å². The van der Waals surface area contributed by atoms with Crippen LogP contribution in [0.3, 0.4) is 0 Å². The molecule has 110 valence electrons. The Balaban J connectivity index is 1.86. The number of nitrogens with one attached hydrogen (secondary N) is 1. The molecular weight excluding hydrogens is 296 g/mol. The maximum absolute atomic E-state index is 12.2. The average molecular weight is 314 g/mol. The van der Waals surface area contributed by atoms with Crippen LogP contribution in [0.5, 0.6) is 0 Å². The summed E-state index contributed by atoms with van der Waals surface area (Å²) < 4.78 is 0. The normalized spacial score (nSPS) is 25.2. The first-order chi connectivity index (χ1) is 9.65. The summed E-state index contributed by atoms with van der Waals surface area (Å²) in [7, 11) is 0. The van der Waals surface area contributed by atoms with Gasteiger partial charge in [-0.05, 0) is 18.8 Å². The Hall–Kier alpha value is -1.00. The van der Waals surface area contributed by atoms with E-state index < -0.39 is 12.0 Å². The number of carbonyl (C=O) groups is 2. The molecule has 2 fully saturated rings. The molecule has 5 nitrogen and oxygen atoms in total. The van der Waals surface area contributed by atoms with Gasteiger partial charge < -0.3 is 10.4 Å². The highest BCUT2D eigenvalue weighted by atomic mass is 32.2. The van der Waals surface area contributed by atoms with Crippen LogP contribution in [0.15, 0.2) is 0 Å². The molecular formula is C13H18N2O3S2. The van der Waals surface area contributed by atoms with E-state index in [9.17, 15) is 14.7 Å². The fraction of sp³-hybridized carbons (Fsp3) is 0.692. The van der Waals surface area contributed by atoms with Gasteiger partial charge in [0.1, 0.15) is 6.04 Å². The van der Waals surface area contributed by atoms with Gasteiger partial charge in [-0.15, -0.1) is 29.9 Å². The van der Waals surface area contributed by atoms with Crippen molar-refractivity contribution in [1.82, 2.24) is 10.2 Å². The summed E-state index contributed by atoms with van der Waals surface area (Å²) in [5.41, 5.74) is 0. The van der Waals surface area contributed by atoms with Crippen molar-refractivity contribution in [2.24, 2.45) is 5.92 Å². The number of aliphatic carboxylic acids is 1. The lowest BCUT2D eigenvalue weighted by Crippen LogP contribution is -2.51. The second kappa shape index (κ2) is 7.14. The molecule has 0 bridgehead atoms. The largest absolute Gasteiger partial charge is 0.480 e. The zero-order chi connectivity index (χ0) is 14.5. The lowest BCUT2D eigenvalue weighted by atomic mass is 10.2. The second-order valence-electron chi connectivity index (χ2n) is 4.81. The number of carboxylic acids is 1. The van der Waals surface area contributed by atoms with Crippen LogP contribution in [-0.4, -0.2) is 57.2 Å². The van der Waals surface area contributed by atoms with Crippen molar-refractivity contribution in [3.8, 4) is 12.3 Å². The summed E-state index contributed by atoms with van der Waals surface area (Å²) in [6.45, 7) is 0.510. The van der Waals surface area contributed by atoms with E-state index in [1.54, 1.807) is 23.5 Å². The first-order valence-electron chi connectivity index (χ1n) is 6.57. The molecule has 20 heavy (non-hydrogen) atoms. The summed E-state index contributed by atoms with van der Waals surface area (Å²) in [6, 6.07) is -0.968. The molecule has 1 aliphatic heterocycles. The Morgan fingerprint density at radius 3 is 2.85 bits per heavy atom. The van der Waals surface area contributed by atoms with Gasteiger partial charge >= 0.3 is 12.0 Å². The summed E-state index contributed by atoms with van der Waals surface area (Å²) in [6.07, 6.45) is 7.32. The molecule has 7 heteroatoms. The molecule has 0 aromatic rings. The summed E-state index contributed by atoms with van der Waals surface area (Å²) in [5.74, 6) is 3.91. The monoisotopic (exact) mass is 314 g/mol. The van der Waals surface area contributed by atoms with Crippen LogP contribution in [-0.2, 0) is 4.79 Å². The van der Waals surface area contributed by atoms with Gasteiger partial charge in [-0.25, -0.2) is 9.59 Å². The Bertz CT molecular complexity index is 420. The number of hydrogen-bond acceptors (Lipinski definition) is 4. The molecule has 2 unspecified atom stereocenters. The first kappa shape index (κ1) is 15.4. The van der Waals surface area contributed by atoms with Gasteiger partial charge in [0.2, 0.25) is 0 Å². The highest BCUT2D eigenvalue weighted by Gasteiger charge is 2.47. The summed E-state index contributed by atoms with van der Waals surface area (Å²) >= 11 is 3.16. The maximum atomic E-state index is 12.2. The minimum absolute atomic E-state index is 0.0226. The lowest BCUT2D eigenvalue weighted by molar-refractivity contribution is -0.141. The van der Waals surface area contributed by atoms with Crippen molar-refractivity contribution in [2.75, 3.05) is 23.8 Å². The van der Waals surface area contributed by atoms with E-state index in [2.05, 4.69) is 11.2 Å². The first-order valence-corrected chi connectivity index (χ1v) is 8.77. The van der Waals surface area contributed by atoms with Crippen LogP contribution in [0, 0.1) is 18.3 Å². The van der Waals surface area contributed by atoms with Gasteiger partial charge in [0.05, 0.1) is 11.1 Å². The van der Waals surface area contributed by atoms with Crippen molar-refractivity contribution >= 4 is 35.5 Å². The van der Waals surface area contributed by atoms with E-state index in [0.29, 0.717) is 24.0 Å². The molecule has 1 saturated heterocycles. The van der Waals surface area contributed by atoms with Crippen LogP contribution in [0.25, 0.3) is 0 Å². The number of hydrogen-bond donors (Lipinski definition) is 2. The molecule has 2 N–H and O–H groups in total. The molecule has 2 amide bonds. The quantitative estimate of drug-likeness (QED) is 0.571. The Morgan fingerprint density at radius 1 is 1.50 bits per heavy atom. The number of thioether (sulfide) groups is 2. The Morgan fingerprint density at radius 2 is 2.25 bits per heavy atom. The third-order valence-electron chi connectivity index (χ3n) is 3.29. The lowest BCUT2D eigenvalue weighted by Gasteiger charge is -2.27. The highest BCUT2D eigenvalue weighted by molar-refractivity contribution is 8.00. The number of urea groups is 1. The van der Waals surface area contributed by atoms with Crippen LogP contribution in [0.1, 0.15) is 12.8 Å². The van der Waals surface area contributed by atoms with E-state index in [-0.39, 0.29) is 11.4 Å². The summed E-state index contributed by atoms with van der Waals surface area (Å²) in [4.78, 5) is 25.0. The molecule has 1 aliphatic carbocycles. The zero-order valence-corrected chi connectivity index (χ0v) is 12.7. The van der Waals surface area contributed by atoms with E-state index in [1.165, 1.54) is 4.90 Å². The molecule has 0 spiro atoms. The number of nitrogens with zero attached hydrogens (tertiary/aromatic N) is 1. The predicted octanol–water partition coefficient (Wildman–Crippen LogP) is 1.30. The van der Waals surface area contributed by atoms with Gasteiger partial charge in [0, 0.05) is 18.1 Å². The molecule has 0 aromatic carbocycles. The molecule has 1 saturated carbocycles. The summed E-state index contributed by atoms with van der Waals surface area (Å²) in [5, 5.41) is 12.1. The molecule has 2 rings (SSSR count). The van der Waals surface area contributed by atoms with Crippen molar-refractivity contribution < 1.29 is 14.7 Å². The van der Waals surface area contributed by atoms with Crippen molar-refractivity contribution in [2.45, 2.75) is 24.3 Å². The molecule has 0 aromatic heterocycles. The number of rotatable bonds is 6. The van der Waals surface area contributed by atoms with Gasteiger partial charge in [-0.2, -0.15) is 0 Å². The van der Waals surface area contributed by atoms with Crippen molar-refractivity contribution in [3.05, 3.63) is 0 Å². The fourth-order valence-electron chi connectivity index (χ4n) is 2.17. The van der Waals surface area contributed by atoms with E-state index in [0.717, 1.165) is 18.6 Å². The zero-order valence-electron chi connectivity index (χ0n) is 11.1. The minimum atomic E-state index is -0.919. The Labute approximate surface area is 127 Å². The van der Waals surface area contributed by atoms with E-state index in [4.69, 9.17) is 6.42 Å². The number of amides is 2. The molecule has 0 radical (unpaired) electrons. The second-order valence-corrected chi connectivity index (χ2v) is 7.07. The van der Waals surface area contributed by atoms with E-state index in [1.807, 2.05) is 0 Å².